The Morgan fingerprint density at radius 2 is 1.91 bits per heavy atom. The van der Waals surface area contributed by atoms with E-state index in [0.29, 0.717) is 10.6 Å². The van der Waals surface area contributed by atoms with Crippen LogP contribution in [0.15, 0.2) is 48.5 Å². The normalized spacial score (nSPS) is 10.9. The maximum absolute atomic E-state index is 13.7. The van der Waals surface area contributed by atoms with E-state index in [1.807, 2.05) is 31.2 Å². The molecule has 0 aliphatic carbocycles. The van der Waals surface area contributed by atoms with Gasteiger partial charge in [0.1, 0.15) is 5.82 Å². The molecule has 0 spiro atoms. The molecule has 0 N–H and O–H groups in total. The summed E-state index contributed by atoms with van der Waals surface area (Å²) in [5.41, 5.74) is 2.43. The van der Waals surface area contributed by atoms with Crippen molar-refractivity contribution < 1.29 is 9.18 Å². The molecular formula is C18H17ClFNO. The van der Waals surface area contributed by atoms with E-state index in [1.54, 1.807) is 25.3 Å². The largest absolute Gasteiger partial charge is 0.338 e. The first-order valence-electron chi connectivity index (χ1n) is 6.90. The molecule has 4 heteroatoms. The Bertz CT molecular complexity index is 674. The lowest BCUT2D eigenvalue weighted by atomic mass is 10.1. The molecule has 0 fully saturated rings. The van der Waals surface area contributed by atoms with E-state index < -0.39 is 5.82 Å². The number of amides is 1. The molecule has 0 heterocycles. The van der Waals surface area contributed by atoms with E-state index in [1.165, 1.54) is 17.0 Å². The van der Waals surface area contributed by atoms with E-state index in [-0.39, 0.29) is 12.5 Å². The van der Waals surface area contributed by atoms with Gasteiger partial charge in [0, 0.05) is 30.3 Å². The molecule has 0 saturated heterocycles. The molecule has 0 radical (unpaired) electrons. The van der Waals surface area contributed by atoms with Crippen LogP contribution in [0.1, 0.15) is 16.7 Å². The van der Waals surface area contributed by atoms with Crippen LogP contribution in [0.2, 0.25) is 5.02 Å². The Hall–Kier alpha value is -2.13. The molecular weight excluding hydrogens is 301 g/mol. The molecule has 114 valence electrons. The number of likely N-dealkylation sites (N-methyl/N-ethyl adjacent to an activating group) is 1. The third kappa shape index (κ3) is 4.18. The van der Waals surface area contributed by atoms with Crippen LogP contribution in [-0.2, 0) is 11.3 Å². The van der Waals surface area contributed by atoms with Crippen LogP contribution in [0.5, 0.6) is 0 Å². The number of halogens is 2. The number of carbonyl (C=O) groups is 1. The standard InChI is InChI=1S/C18H17ClFNO/c1-13-6-8-14(9-7-13)10-11-18(22)21(2)12-15-16(19)4-3-5-17(15)20/h3-11H,12H2,1-2H3/b11-10+. The number of rotatable bonds is 4. The van der Waals surface area contributed by atoms with Gasteiger partial charge in [-0.1, -0.05) is 47.5 Å². The van der Waals surface area contributed by atoms with Gasteiger partial charge in [-0.3, -0.25) is 4.79 Å². The molecule has 0 aliphatic heterocycles. The number of hydrogen-bond acceptors (Lipinski definition) is 1. The molecule has 0 bridgehead atoms. The molecule has 22 heavy (non-hydrogen) atoms. The van der Waals surface area contributed by atoms with E-state index in [0.717, 1.165) is 11.1 Å². The Balaban J connectivity index is 2.04. The number of aryl methyl sites for hydroxylation is 1. The van der Waals surface area contributed by atoms with E-state index in [2.05, 4.69) is 0 Å². The maximum Gasteiger partial charge on any atom is 0.246 e. The monoisotopic (exact) mass is 317 g/mol. The Morgan fingerprint density at radius 3 is 2.55 bits per heavy atom. The second-order valence-electron chi connectivity index (χ2n) is 5.14. The highest BCUT2D eigenvalue weighted by molar-refractivity contribution is 6.31. The van der Waals surface area contributed by atoms with Gasteiger partial charge in [-0.2, -0.15) is 0 Å². The van der Waals surface area contributed by atoms with Crippen LogP contribution < -0.4 is 0 Å². The lowest BCUT2D eigenvalue weighted by Gasteiger charge is -2.16. The number of hydrogen-bond donors (Lipinski definition) is 0. The van der Waals surface area contributed by atoms with Crippen molar-refractivity contribution in [2.24, 2.45) is 0 Å². The van der Waals surface area contributed by atoms with Crippen molar-refractivity contribution in [3.63, 3.8) is 0 Å². The Morgan fingerprint density at radius 1 is 1.23 bits per heavy atom. The fraction of sp³-hybridized carbons (Fsp3) is 0.167. The van der Waals surface area contributed by atoms with Gasteiger partial charge in [0.25, 0.3) is 0 Å². The maximum atomic E-state index is 13.7. The van der Waals surface area contributed by atoms with Crippen molar-refractivity contribution in [2.45, 2.75) is 13.5 Å². The molecule has 2 nitrogen and oxygen atoms in total. The average molecular weight is 318 g/mol. The number of carbonyl (C=O) groups excluding carboxylic acids is 1. The fourth-order valence-corrected chi connectivity index (χ4v) is 2.19. The molecule has 0 unspecified atom stereocenters. The first kappa shape index (κ1) is 16.2. The second-order valence-corrected chi connectivity index (χ2v) is 5.55. The summed E-state index contributed by atoms with van der Waals surface area (Å²) >= 11 is 5.97. The predicted molar refractivity (Wildman–Crippen MR) is 88.1 cm³/mol. The van der Waals surface area contributed by atoms with Gasteiger partial charge in [-0.15, -0.1) is 0 Å². The zero-order valence-electron chi connectivity index (χ0n) is 12.5. The minimum absolute atomic E-state index is 0.128. The third-order valence-electron chi connectivity index (χ3n) is 3.33. The van der Waals surface area contributed by atoms with Crippen molar-refractivity contribution in [3.05, 3.63) is 76.1 Å². The van der Waals surface area contributed by atoms with Crippen LogP contribution in [0.3, 0.4) is 0 Å². The van der Waals surface area contributed by atoms with Crippen molar-refractivity contribution >= 4 is 23.6 Å². The van der Waals surface area contributed by atoms with Gasteiger partial charge in [-0.25, -0.2) is 4.39 Å². The Kier molecular flexibility index (Phi) is 5.34. The SMILES string of the molecule is Cc1ccc(/C=C/C(=O)N(C)Cc2c(F)cccc2Cl)cc1. The lowest BCUT2D eigenvalue weighted by Crippen LogP contribution is -2.24. The summed E-state index contributed by atoms with van der Waals surface area (Å²) in [5.74, 6) is -0.616. The second kappa shape index (κ2) is 7.23. The highest BCUT2D eigenvalue weighted by Gasteiger charge is 2.12. The summed E-state index contributed by atoms with van der Waals surface area (Å²) in [7, 11) is 1.62. The molecule has 0 aliphatic rings. The molecule has 2 aromatic rings. The first-order chi connectivity index (χ1) is 10.5. The van der Waals surface area contributed by atoms with E-state index >= 15 is 0 Å². The van der Waals surface area contributed by atoms with Crippen molar-refractivity contribution in [1.82, 2.24) is 4.90 Å². The average Bonchev–Trinajstić information content (AvgIpc) is 2.50. The highest BCUT2D eigenvalue weighted by atomic mass is 35.5. The van der Waals surface area contributed by atoms with Crippen LogP contribution in [0, 0.1) is 12.7 Å². The molecule has 0 saturated carbocycles. The van der Waals surface area contributed by atoms with Crippen LogP contribution >= 0.6 is 11.6 Å². The number of benzene rings is 2. The van der Waals surface area contributed by atoms with Gasteiger partial charge >= 0.3 is 0 Å². The van der Waals surface area contributed by atoms with Crippen LogP contribution in [0.25, 0.3) is 6.08 Å². The van der Waals surface area contributed by atoms with Crippen LogP contribution in [-0.4, -0.2) is 17.9 Å². The molecule has 0 atom stereocenters. The van der Waals surface area contributed by atoms with Crippen LogP contribution in [0.4, 0.5) is 4.39 Å². The molecule has 2 aromatic carbocycles. The summed E-state index contributed by atoms with van der Waals surface area (Å²) in [6.45, 7) is 2.13. The Labute approximate surface area is 134 Å². The minimum atomic E-state index is -0.408. The van der Waals surface area contributed by atoms with E-state index in [9.17, 15) is 9.18 Å². The highest BCUT2D eigenvalue weighted by Crippen LogP contribution is 2.20. The van der Waals surface area contributed by atoms with Crippen molar-refractivity contribution in [3.8, 4) is 0 Å². The quantitative estimate of drug-likeness (QED) is 0.762. The minimum Gasteiger partial charge on any atom is -0.338 e. The fourth-order valence-electron chi connectivity index (χ4n) is 1.97. The smallest absolute Gasteiger partial charge is 0.246 e. The first-order valence-corrected chi connectivity index (χ1v) is 7.28. The zero-order valence-corrected chi connectivity index (χ0v) is 13.3. The van der Waals surface area contributed by atoms with Gasteiger partial charge in [0.2, 0.25) is 5.91 Å². The summed E-state index contributed by atoms with van der Waals surface area (Å²) in [6.07, 6.45) is 3.21. The summed E-state index contributed by atoms with van der Waals surface area (Å²) in [5, 5.41) is 0.321. The topological polar surface area (TPSA) is 20.3 Å². The lowest BCUT2D eigenvalue weighted by molar-refractivity contribution is -0.125. The van der Waals surface area contributed by atoms with Gasteiger partial charge < -0.3 is 4.90 Å². The zero-order chi connectivity index (χ0) is 16.1. The summed E-state index contributed by atoms with van der Waals surface area (Å²) in [4.78, 5) is 13.5. The van der Waals surface area contributed by atoms with E-state index in [4.69, 9.17) is 11.6 Å². The van der Waals surface area contributed by atoms with Gasteiger partial charge in [-0.05, 0) is 30.7 Å². The predicted octanol–water partition coefficient (Wildman–Crippen LogP) is 4.46. The summed E-state index contributed by atoms with van der Waals surface area (Å²) < 4.78 is 13.7. The van der Waals surface area contributed by atoms with Crippen molar-refractivity contribution in [2.75, 3.05) is 7.05 Å². The van der Waals surface area contributed by atoms with Gasteiger partial charge in [0.15, 0.2) is 0 Å². The molecule has 0 aromatic heterocycles. The van der Waals surface area contributed by atoms with Crippen molar-refractivity contribution in [1.29, 1.82) is 0 Å². The summed E-state index contributed by atoms with van der Waals surface area (Å²) in [6, 6.07) is 12.3. The number of nitrogens with zero attached hydrogens (tertiary/aromatic N) is 1. The molecule has 2 rings (SSSR count). The van der Waals surface area contributed by atoms with Gasteiger partial charge in [0.05, 0.1) is 0 Å². The third-order valence-corrected chi connectivity index (χ3v) is 3.68. The molecule has 1 amide bonds.